The molecule has 0 unspecified atom stereocenters. The van der Waals surface area contributed by atoms with E-state index in [4.69, 9.17) is 7.70 Å². The molecule has 0 bridgehead atoms. The Morgan fingerprint density at radius 2 is 2.30 bits per heavy atom. The lowest BCUT2D eigenvalue weighted by Crippen LogP contribution is -1.76. The monoisotopic (exact) mass is 169 g/mol. The zero-order chi connectivity index (χ0) is 6.55. The van der Waals surface area contributed by atoms with Crippen LogP contribution in [-0.4, -0.2) is 0 Å². The summed E-state index contributed by atoms with van der Waals surface area (Å²) in [6, 6.07) is 4.89. The summed E-state index contributed by atoms with van der Waals surface area (Å²) in [6.45, 7) is 0. The highest BCUT2D eigenvalue weighted by atomic mass is 32.1. The minimum absolute atomic E-state index is 0.893. The van der Waals surface area contributed by atoms with Crippen LogP contribution in [0.15, 0.2) is 13.8 Å². The van der Waals surface area contributed by atoms with Gasteiger partial charge in [0.05, 0.1) is 11.6 Å². The Bertz CT molecular complexity index is 423. The molecule has 1 aromatic carbocycles. The van der Waals surface area contributed by atoms with Crippen LogP contribution in [0.3, 0.4) is 0 Å². The molecule has 0 spiro atoms. The van der Waals surface area contributed by atoms with Gasteiger partial charge in [0.15, 0.2) is 15.9 Å². The van der Waals surface area contributed by atoms with Crippen LogP contribution in [0, 0.1) is 6.07 Å². The summed E-state index contributed by atoms with van der Waals surface area (Å²) < 4.78 is 12.4. The maximum Gasteiger partial charge on any atom is 0.188 e. The number of rotatable bonds is 0. The molecule has 0 saturated carbocycles. The molecular formula is C6HO2S2. The molecule has 2 nitrogen and oxygen atoms in total. The summed E-state index contributed by atoms with van der Waals surface area (Å²) in [6.07, 6.45) is 0. The largest absolute Gasteiger partial charge is 0.399 e. The van der Waals surface area contributed by atoms with Gasteiger partial charge in [0, 0.05) is 17.7 Å². The third-order valence-corrected chi connectivity index (χ3v) is 2.93. The molecule has 0 saturated heterocycles. The highest BCUT2D eigenvalue weighted by Crippen LogP contribution is 2.36. The van der Waals surface area contributed by atoms with Gasteiger partial charge in [-0.2, -0.15) is 0 Å². The number of fused-ring (bicyclic) bond motifs is 3. The van der Waals surface area contributed by atoms with E-state index in [2.05, 4.69) is 6.07 Å². The van der Waals surface area contributed by atoms with Crippen LogP contribution in [-0.2, 0) is 0 Å². The first-order chi connectivity index (χ1) is 4.95. The van der Waals surface area contributed by atoms with E-state index in [1.165, 1.54) is 23.3 Å². The average molecular weight is 169 g/mol. The number of hydrogen-bond donors (Lipinski definition) is 0. The molecule has 2 heterocycles. The Kier molecular flexibility index (Phi) is 0.728. The lowest BCUT2D eigenvalue weighted by Gasteiger charge is -2.01. The second-order valence-electron chi connectivity index (χ2n) is 1.97. The first kappa shape index (κ1) is 4.98. The molecule has 0 aliphatic carbocycles. The number of hydrogen-bond acceptors (Lipinski definition) is 4. The van der Waals surface area contributed by atoms with Gasteiger partial charge in [0.25, 0.3) is 0 Å². The van der Waals surface area contributed by atoms with Crippen molar-refractivity contribution in [3.05, 3.63) is 12.1 Å². The van der Waals surface area contributed by atoms with Gasteiger partial charge < -0.3 is 7.70 Å². The van der Waals surface area contributed by atoms with Crippen LogP contribution in [0.25, 0.3) is 20.6 Å². The summed E-state index contributed by atoms with van der Waals surface area (Å²) in [5, 5.41) is 0. The maximum absolute atomic E-state index is 5.12. The van der Waals surface area contributed by atoms with Crippen LogP contribution in [0.5, 0.6) is 0 Å². The van der Waals surface area contributed by atoms with Crippen LogP contribution < -0.4 is 0 Å². The van der Waals surface area contributed by atoms with Crippen molar-refractivity contribution in [3.8, 4) is 0 Å². The molecule has 3 rings (SSSR count). The Morgan fingerprint density at radius 1 is 1.30 bits per heavy atom. The molecule has 4 heteroatoms. The van der Waals surface area contributed by atoms with Gasteiger partial charge in [0.1, 0.15) is 4.70 Å². The minimum atomic E-state index is 0.893. The predicted octanol–water partition coefficient (Wildman–Crippen LogP) is 3.10. The van der Waals surface area contributed by atoms with Gasteiger partial charge in [-0.1, -0.05) is 0 Å². The van der Waals surface area contributed by atoms with Crippen LogP contribution >= 0.6 is 23.3 Å². The standard InChI is InChI=1S/C6HO2S2/c1-2-4-5(8-9-4)6-3(1)7-10-6/h1H. The van der Waals surface area contributed by atoms with Crippen molar-refractivity contribution in [1.29, 1.82) is 0 Å². The fraction of sp³-hybridized carbons (Fsp3) is 0. The van der Waals surface area contributed by atoms with Gasteiger partial charge in [-0.3, -0.25) is 0 Å². The van der Waals surface area contributed by atoms with E-state index in [9.17, 15) is 0 Å². The molecule has 0 N–H and O–H groups in total. The molecule has 0 amide bonds. The Hall–Kier alpha value is -0.740. The van der Waals surface area contributed by atoms with Crippen LogP contribution in [0.2, 0.25) is 0 Å². The van der Waals surface area contributed by atoms with E-state index >= 15 is 0 Å². The van der Waals surface area contributed by atoms with Crippen molar-refractivity contribution < 1.29 is 7.70 Å². The normalized spacial score (nSPS) is 12.0. The SMILES string of the molecule is [c]1cc2osc2c2osc12. The highest BCUT2D eigenvalue weighted by Gasteiger charge is 2.12. The molecule has 49 valence electrons. The maximum atomic E-state index is 5.12. The van der Waals surface area contributed by atoms with Gasteiger partial charge in [-0.05, 0) is 6.07 Å². The Morgan fingerprint density at radius 3 is 2.80 bits per heavy atom. The first-order valence-corrected chi connectivity index (χ1v) is 4.21. The molecule has 0 aliphatic heterocycles. The van der Waals surface area contributed by atoms with E-state index in [0.717, 1.165) is 20.6 Å². The fourth-order valence-corrected chi connectivity index (χ4v) is 2.11. The average Bonchev–Trinajstić information content (AvgIpc) is 1.84. The van der Waals surface area contributed by atoms with E-state index in [-0.39, 0.29) is 0 Å². The summed E-state index contributed by atoms with van der Waals surface area (Å²) in [5.41, 5.74) is 1.84. The Labute approximate surface area is 64.1 Å². The quantitative estimate of drug-likeness (QED) is 0.517. The minimum Gasteiger partial charge on any atom is -0.399 e. The van der Waals surface area contributed by atoms with E-state index in [1.807, 2.05) is 6.07 Å². The summed E-state index contributed by atoms with van der Waals surface area (Å²) in [7, 11) is 0. The summed E-state index contributed by atoms with van der Waals surface area (Å²) in [5.74, 6) is 0. The second kappa shape index (κ2) is 1.46. The summed E-state index contributed by atoms with van der Waals surface area (Å²) in [4.78, 5) is 0. The van der Waals surface area contributed by atoms with Crippen molar-refractivity contribution in [2.75, 3.05) is 0 Å². The van der Waals surface area contributed by atoms with Gasteiger partial charge in [0.2, 0.25) is 0 Å². The molecule has 1 radical (unpaired) electrons. The molecule has 2 aromatic heterocycles. The second-order valence-corrected chi connectivity index (χ2v) is 3.46. The lowest BCUT2D eigenvalue weighted by atomic mass is 10.3. The van der Waals surface area contributed by atoms with Gasteiger partial charge in [-0.25, -0.2) is 0 Å². The zero-order valence-electron chi connectivity index (χ0n) is 4.71. The third-order valence-electron chi connectivity index (χ3n) is 1.39. The van der Waals surface area contributed by atoms with E-state index in [0.29, 0.717) is 0 Å². The molecule has 10 heavy (non-hydrogen) atoms. The van der Waals surface area contributed by atoms with Gasteiger partial charge in [-0.15, -0.1) is 0 Å². The predicted molar refractivity (Wildman–Crippen MR) is 40.6 cm³/mol. The molecule has 3 aromatic rings. The zero-order valence-corrected chi connectivity index (χ0v) is 6.34. The van der Waals surface area contributed by atoms with Crippen molar-refractivity contribution in [2.24, 2.45) is 0 Å². The van der Waals surface area contributed by atoms with Crippen molar-refractivity contribution >= 4 is 43.8 Å². The van der Waals surface area contributed by atoms with E-state index in [1.54, 1.807) is 0 Å². The molecule has 0 fully saturated rings. The Balaban J connectivity index is 2.67. The lowest BCUT2D eigenvalue weighted by molar-refractivity contribution is 0.718. The van der Waals surface area contributed by atoms with Gasteiger partial charge >= 0.3 is 0 Å². The molecule has 0 aliphatic rings. The fourth-order valence-electron chi connectivity index (χ4n) is 0.857. The third kappa shape index (κ3) is 0.413. The smallest absolute Gasteiger partial charge is 0.188 e. The van der Waals surface area contributed by atoms with Crippen LogP contribution in [0.1, 0.15) is 0 Å². The number of benzene rings is 1. The topological polar surface area (TPSA) is 26.3 Å². The molecular weight excluding hydrogens is 168 g/mol. The van der Waals surface area contributed by atoms with E-state index < -0.39 is 0 Å². The van der Waals surface area contributed by atoms with Crippen LogP contribution in [0.4, 0.5) is 0 Å². The van der Waals surface area contributed by atoms with Crippen molar-refractivity contribution in [3.63, 3.8) is 0 Å². The summed E-state index contributed by atoms with van der Waals surface area (Å²) >= 11 is 2.73. The van der Waals surface area contributed by atoms with Crippen molar-refractivity contribution in [1.82, 2.24) is 0 Å². The highest BCUT2D eigenvalue weighted by molar-refractivity contribution is 7.17. The first-order valence-electron chi connectivity index (χ1n) is 2.73. The molecule has 0 atom stereocenters. The van der Waals surface area contributed by atoms with Crippen molar-refractivity contribution in [2.45, 2.75) is 0 Å².